The number of nitrogens with zero attached hydrogens (tertiary/aromatic N) is 1. The summed E-state index contributed by atoms with van der Waals surface area (Å²) in [6.45, 7) is 8.54. The zero-order valence-corrected chi connectivity index (χ0v) is 21.8. The smallest absolute Gasteiger partial charge is 0.104 e. The van der Waals surface area contributed by atoms with Gasteiger partial charge in [0, 0.05) is 10.1 Å². The Hall–Kier alpha value is 0.460. The number of hydrogen-bond acceptors (Lipinski definition) is 5. The van der Waals surface area contributed by atoms with Crippen LogP contribution in [0, 0.1) is 16.7 Å². The highest BCUT2D eigenvalue weighted by Crippen LogP contribution is 2.47. The van der Waals surface area contributed by atoms with Crippen LogP contribution in [-0.4, -0.2) is 9.28 Å². The number of hydrogen-bond donors (Lipinski definition) is 0. The first-order chi connectivity index (χ1) is 12.8. The van der Waals surface area contributed by atoms with Gasteiger partial charge in [0.1, 0.15) is 3.53 Å². The van der Waals surface area contributed by atoms with Gasteiger partial charge in [-0.25, -0.2) is 0 Å². The van der Waals surface area contributed by atoms with Crippen LogP contribution >= 0.6 is 63.0 Å². The van der Waals surface area contributed by atoms with Gasteiger partial charge >= 0.3 is 0 Å². The van der Waals surface area contributed by atoms with Crippen molar-refractivity contribution in [2.45, 2.75) is 84.3 Å². The van der Waals surface area contributed by atoms with Gasteiger partial charge in [0.05, 0.1) is 15.3 Å². The molecule has 0 fully saturated rings. The summed E-state index contributed by atoms with van der Waals surface area (Å²) in [5.41, 5.74) is 1.09. The van der Waals surface area contributed by atoms with Gasteiger partial charge in [-0.15, -0.1) is 23.1 Å². The van der Waals surface area contributed by atoms with Crippen LogP contribution in [0.3, 0.4) is 0 Å². The molecule has 0 aliphatic carbocycles. The highest BCUT2D eigenvalue weighted by Gasteiger charge is 2.28. The summed E-state index contributed by atoms with van der Waals surface area (Å²) in [6, 6.07) is 4.77. The van der Waals surface area contributed by atoms with Crippen LogP contribution in [0.25, 0.3) is 0 Å². The Balaban J connectivity index is 2.94. The maximum absolute atomic E-state index is 9.57. The first-order valence-corrected chi connectivity index (χ1v) is 13.7. The fourth-order valence-electron chi connectivity index (χ4n) is 2.77. The van der Waals surface area contributed by atoms with Crippen molar-refractivity contribution in [3.63, 3.8) is 0 Å². The molecule has 1 aromatic heterocycles. The van der Waals surface area contributed by atoms with Gasteiger partial charge in [-0.05, 0) is 72.8 Å². The average Bonchev–Trinajstić information content (AvgIpc) is 2.99. The number of halogens is 1. The van der Waals surface area contributed by atoms with Crippen LogP contribution in [0.4, 0.5) is 0 Å². The van der Waals surface area contributed by atoms with Gasteiger partial charge in [0.2, 0.25) is 0 Å². The molecule has 0 aromatic carbocycles. The quantitative estimate of drug-likeness (QED) is 0.208. The molecule has 0 bridgehead atoms. The molecular formula is C21H32BrNS4. The minimum atomic E-state index is -0.350. The zero-order valence-electron chi connectivity index (χ0n) is 17.0. The molecule has 27 heavy (non-hydrogen) atoms. The lowest BCUT2D eigenvalue weighted by molar-refractivity contribution is 0.449. The molecule has 1 aromatic rings. The number of nitriles is 1. The van der Waals surface area contributed by atoms with Gasteiger partial charge < -0.3 is 0 Å². The summed E-state index contributed by atoms with van der Waals surface area (Å²) in [6.07, 6.45) is 9.44. The molecule has 1 atom stereocenters. The lowest BCUT2D eigenvalue weighted by atomic mass is 9.88. The normalized spacial score (nSPS) is 12.7. The molecular weight excluding hydrogens is 474 g/mol. The molecule has 6 heteroatoms. The summed E-state index contributed by atoms with van der Waals surface area (Å²) in [5.74, 6) is 1.09. The highest BCUT2D eigenvalue weighted by atomic mass is 79.9. The standard InChI is InChI=1S/C21H32BrNS4/c1-5-7-9-10-11-16-13-18(22)27-19(16)17(14-21(3,4)15-23)26-20(24)25-12-8-6-2/h13,17H,5-12,14H2,1-4H3. The van der Waals surface area contributed by atoms with Gasteiger partial charge in [0.15, 0.2) is 0 Å². The van der Waals surface area contributed by atoms with Crippen LogP contribution < -0.4 is 0 Å². The maximum atomic E-state index is 9.57. The molecule has 1 heterocycles. The van der Waals surface area contributed by atoms with Crippen LogP contribution in [0.5, 0.6) is 0 Å². The first-order valence-electron chi connectivity index (χ1n) is 9.85. The largest absolute Gasteiger partial charge is 0.198 e. The molecule has 1 nitrogen and oxygen atoms in total. The Morgan fingerprint density at radius 3 is 2.59 bits per heavy atom. The van der Waals surface area contributed by atoms with E-state index in [2.05, 4.69) is 41.9 Å². The monoisotopic (exact) mass is 505 g/mol. The molecule has 1 unspecified atom stereocenters. The van der Waals surface area contributed by atoms with E-state index in [1.807, 2.05) is 25.2 Å². The van der Waals surface area contributed by atoms with Crippen molar-refractivity contribution >= 4 is 66.5 Å². The highest BCUT2D eigenvalue weighted by molar-refractivity contribution is 9.11. The lowest BCUT2D eigenvalue weighted by Gasteiger charge is -2.24. The van der Waals surface area contributed by atoms with Crippen molar-refractivity contribution in [3.8, 4) is 6.07 Å². The van der Waals surface area contributed by atoms with Crippen LogP contribution in [0.15, 0.2) is 9.85 Å². The Labute approximate surface area is 192 Å². The lowest BCUT2D eigenvalue weighted by Crippen LogP contribution is -2.13. The SMILES string of the molecule is CCCCCCc1cc(Br)sc1C(CC(C)(C)C#N)SC(=S)SCCCC. The molecule has 0 N–H and O–H groups in total. The van der Waals surface area contributed by atoms with E-state index in [4.69, 9.17) is 12.2 Å². The second-order valence-electron chi connectivity index (χ2n) is 7.51. The molecule has 0 spiro atoms. The summed E-state index contributed by atoms with van der Waals surface area (Å²) < 4.78 is 2.21. The first kappa shape index (κ1) is 25.5. The number of aryl methyl sites for hydroxylation is 1. The Morgan fingerprint density at radius 1 is 1.26 bits per heavy atom. The number of thiocarbonyl (C=S) groups is 1. The van der Waals surface area contributed by atoms with E-state index in [1.54, 1.807) is 23.5 Å². The summed E-state index contributed by atoms with van der Waals surface area (Å²) >= 11 is 14.8. The van der Waals surface area contributed by atoms with Crippen LogP contribution in [0.1, 0.15) is 88.3 Å². The minimum Gasteiger partial charge on any atom is -0.198 e. The minimum absolute atomic E-state index is 0.263. The molecule has 0 saturated carbocycles. The fraction of sp³-hybridized carbons (Fsp3) is 0.714. The molecule has 0 saturated heterocycles. The van der Waals surface area contributed by atoms with Gasteiger partial charge in [-0.1, -0.05) is 63.5 Å². The number of thioether (sulfide) groups is 2. The van der Waals surface area contributed by atoms with Crippen molar-refractivity contribution < 1.29 is 0 Å². The van der Waals surface area contributed by atoms with E-state index < -0.39 is 0 Å². The zero-order chi connectivity index (χ0) is 20.3. The number of unbranched alkanes of at least 4 members (excludes halogenated alkanes) is 4. The van der Waals surface area contributed by atoms with Crippen molar-refractivity contribution in [2.75, 3.05) is 5.75 Å². The van der Waals surface area contributed by atoms with Gasteiger partial charge in [-0.2, -0.15) is 5.26 Å². The van der Waals surface area contributed by atoms with E-state index in [9.17, 15) is 5.26 Å². The maximum Gasteiger partial charge on any atom is 0.104 e. The van der Waals surface area contributed by atoms with Gasteiger partial charge in [-0.3, -0.25) is 0 Å². The summed E-state index contributed by atoms with van der Waals surface area (Å²) in [7, 11) is 0. The Kier molecular flexibility index (Phi) is 12.9. The predicted molar refractivity (Wildman–Crippen MR) is 134 cm³/mol. The van der Waals surface area contributed by atoms with E-state index in [0.717, 1.165) is 22.1 Å². The van der Waals surface area contributed by atoms with E-state index in [-0.39, 0.29) is 10.7 Å². The van der Waals surface area contributed by atoms with Crippen LogP contribution in [0.2, 0.25) is 0 Å². The van der Waals surface area contributed by atoms with Crippen LogP contribution in [-0.2, 0) is 6.42 Å². The topological polar surface area (TPSA) is 23.8 Å². The second kappa shape index (κ2) is 13.6. The number of thiophene rings is 1. The van der Waals surface area contributed by atoms with E-state index >= 15 is 0 Å². The molecule has 0 aliphatic rings. The molecule has 1 rings (SSSR count). The van der Waals surface area contributed by atoms with Crippen molar-refractivity contribution in [1.82, 2.24) is 0 Å². The molecule has 152 valence electrons. The third kappa shape index (κ3) is 10.2. The molecule has 0 radical (unpaired) electrons. The third-order valence-corrected chi connectivity index (χ3v) is 9.19. The Morgan fingerprint density at radius 2 is 1.96 bits per heavy atom. The van der Waals surface area contributed by atoms with Crippen molar-refractivity contribution in [2.24, 2.45) is 5.41 Å². The van der Waals surface area contributed by atoms with E-state index in [0.29, 0.717) is 0 Å². The molecule has 0 amide bonds. The summed E-state index contributed by atoms with van der Waals surface area (Å²) in [5, 5.41) is 9.83. The predicted octanol–water partition coefficient (Wildman–Crippen LogP) is 9.17. The summed E-state index contributed by atoms with van der Waals surface area (Å²) in [4.78, 5) is 1.41. The van der Waals surface area contributed by atoms with Crippen molar-refractivity contribution in [1.29, 1.82) is 5.26 Å². The Bertz CT molecular complexity index is 618. The van der Waals surface area contributed by atoms with Gasteiger partial charge in [0.25, 0.3) is 0 Å². The molecule has 0 aliphatic heterocycles. The fourth-order valence-corrected chi connectivity index (χ4v) is 7.83. The second-order valence-corrected chi connectivity index (χ2v) is 13.5. The van der Waals surface area contributed by atoms with E-state index in [1.165, 1.54) is 52.8 Å². The average molecular weight is 507 g/mol. The third-order valence-electron chi connectivity index (χ3n) is 4.36. The van der Waals surface area contributed by atoms with Crippen molar-refractivity contribution in [3.05, 3.63) is 20.3 Å². The number of rotatable bonds is 12.